The number of benzene rings is 1. The number of amides is 9. The normalized spacial score (nSPS) is 14.2. The van der Waals surface area contributed by atoms with Gasteiger partial charge in [-0.3, -0.25) is 47.9 Å². The van der Waals surface area contributed by atoms with Crippen LogP contribution in [-0.2, 0) is 54.4 Å². The Bertz CT molecular complexity index is 1920. The molecule has 0 saturated heterocycles. The van der Waals surface area contributed by atoms with Crippen LogP contribution < -0.4 is 47.9 Å². The Kier molecular flexibility index (Phi) is 32.3. The van der Waals surface area contributed by atoms with Gasteiger partial charge in [0.25, 0.3) is 0 Å². The third kappa shape index (κ3) is 27.3. The van der Waals surface area contributed by atoms with Gasteiger partial charge < -0.3 is 78.5 Å². The summed E-state index contributed by atoms with van der Waals surface area (Å²) in [5.74, 6) is -10.5. The maximum absolute atomic E-state index is 13.7. The molecule has 15 N–H and O–H groups in total. The zero-order valence-electron chi connectivity index (χ0n) is 42.3. The summed E-state index contributed by atoms with van der Waals surface area (Å²) in [6.45, 7) is 1.09. The van der Waals surface area contributed by atoms with Gasteiger partial charge in [0.2, 0.25) is 53.2 Å². The van der Waals surface area contributed by atoms with E-state index in [0.29, 0.717) is 12.0 Å². The average Bonchev–Trinajstić information content (AvgIpc) is 3.34. The molecule has 0 bridgehead atoms. The second-order valence-electron chi connectivity index (χ2n) is 17.8. The lowest BCUT2D eigenvalue weighted by atomic mass is 10.0. The standard InChI is InChI=1S/C48H79N9O16/c1-5-6-7-8-9-10-11-12-13-14-15-16-17-18-37(63)50-25-38(64)52-35(27-58)44(69)51-26-39(65)56-41(29(2)60)47(72)53-33(23-31-19-21-32(62)22-20-31)45(70)55-36(28-59)46(71)57-42(30(3)61)48(73)54-34(24-40(66)67)43(68)49-4/h19-22,29-30,33-36,41-42,58-62H,5-18,23-28H2,1-4H3,(H,49,68)(H,50,63)(H,51,69)(H,52,64)(H,53,72)(H,54,73)(H,55,70)(H,56,65)(H,57,71)(H,66,67)/t29-,30-,33+,34+,35+,36+,41+,42+/m1/s1. The van der Waals surface area contributed by atoms with Crippen LogP contribution in [0, 0.1) is 0 Å². The highest BCUT2D eigenvalue weighted by atomic mass is 16.4. The van der Waals surface area contributed by atoms with Crippen molar-refractivity contribution in [3.63, 3.8) is 0 Å². The van der Waals surface area contributed by atoms with Crippen LogP contribution in [0.3, 0.4) is 0 Å². The number of rotatable bonds is 38. The molecule has 8 atom stereocenters. The van der Waals surface area contributed by atoms with E-state index in [2.05, 4.69) is 54.8 Å². The molecule has 25 nitrogen and oxygen atoms in total. The number of nitrogens with one attached hydrogen (secondary N) is 9. The lowest BCUT2D eigenvalue weighted by molar-refractivity contribution is -0.141. The number of aliphatic hydroxyl groups excluding tert-OH is 4. The second-order valence-corrected chi connectivity index (χ2v) is 17.8. The van der Waals surface area contributed by atoms with E-state index >= 15 is 0 Å². The number of carboxylic acids is 1. The molecule has 0 radical (unpaired) electrons. The first kappa shape index (κ1) is 64.6. The third-order valence-corrected chi connectivity index (χ3v) is 11.4. The largest absolute Gasteiger partial charge is 0.508 e. The SMILES string of the molecule is CCCCCCCCCCCCCCCC(=O)NCC(=O)N[C@@H](CO)C(=O)NCC(=O)N[C@H](C(=O)N[C@@H](Cc1ccc(O)cc1)C(=O)N[C@@H](CO)C(=O)N[C@H](C(=O)N[C@@H](CC(=O)O)C(=O)NC)[C@@H](C)O)[C@@H](C)O. The van der Waals surface area contributed by atoms with Crippen LogP contribution in [0.1, 0.15) is 123 Å². The number of aliphatic carboxylic acids is 1. The molecule has 73 heavy (non-hydrogen) atoms. The molecule has 412 valence electrons. The van der Waals surface area contributed by atoms with Crippen molar-refractivity contribution in [2.75, 3.05) is 33.4 Å². The Morgan fingerprint density at radius 2 is 0.932 bits per heavy atom. The Morgan fingerprint density at radius 1 is 0.493 bits per heavy atom. The Labute approximate surface area is 425 Å². The van der Waals surface area contributed by atoms with Crippen molar-refractivity contribution in [3.8, 4) is 5.75 Å². The Balaban J connectivity index is 2.85. The van der Waals surface area contributed by atoms with Crippen molar-refractivity contribution in [2.45, 2.75) is 172 Å². The molecule has 0 unspecified atom stereocenters. The van der Waals surface area contributed by atoms with Crippen LogP contribution in [0.25, 0.3) is 0 Å². The zero-order valence-corrected chi connectivity index (χ0v) is 42.3. The molecule has 0 aliphatic heterocycles. The number of aromatic hydroxyl groups is 1. The summed E-state index contributed by atoms with van der Waals surface area (Å²) in [5.41, 5.74) is 0.333. The molecule has 0 aliphatic rings. The predicted octanol–water partition coefficient (Wildman–Crippen LogP) is -2.48. The van der Waals surface area contributed by atoms with Gasteiger partial charge in [-0.25, -0.2) is 0 Å². The highest BCUT2D eigenvalue weighted by molar-refractivity contribution is 5.98. The number of hydrogen-bond donors (Lipinski definition) is 15. The van der Waals surface area contributed by atoms with Crippen LogP contribution in [-0.4, -0.2) is 172 Å². The zero-order chi connectivity index (χ0) is 54.9. The van der Waals surface area contributed by atoms with E-state index in [1.54, 1.807) is 0 Å². The summed E-state index contributed by atoms with van der Waals surface area (Å²) in [6.07, 6.45) is 10.6. The van der Waals surface area contributed by atoms with Gasteiger partial charge in [-0.2, -0.15) is 0 Å². The number of likely N-dealkylation sites (N-methyl/N-ethyl adjacent to an activating group) is 1. The predicted molar refractivity (Wildman–Crippen MR) is 264 cm³/mol. The maximum Gasteiger partial charge on any atom is 0.305 e. The average molecular weight is 1040 g/mol. The lowest BCUT2D eigenvalue weighted by Crippen LogP contribution is -2.62. The van der Waals surface area contributed by atoms with Crippen molar-refractivity contribution < 1.29 is 78.6 Å². The molecule has 0 saturated carbocycles. The summed E-state index contributed by atoms with van der Waals surface area (Å²) in [7, 11) is 1.18. The topological polar surface area (TPSA) is 400 Å². The van der Waals surface area contributed by atoms with E-state index in [1.165, 1.54) is 82.7 Å². The summed E-state index contributed by atoms with van der Waals surface area (Å²) in [4.78, 5) is 128. The van der Waals surface area contributed by atoms with Crippen LogP contribution in [0.4, 0.5) is 0 Å². The van der Waals surface area contributed by atoms with Crippen LogP contribution in [0.2, 0.25) is 0 Å². The van der Waals surface area contributed by atoms with Crippen LogP contribution in [0.5, 0.6) is 5.75 Å². The molecule has 9 amide bonds. The van der Waals surface area contributed by atoms with Crippen molar-refractivity contribution in [1.29, 1.82) is 0 Å². The summed E-state index contributed by atoms with van der Waals surface area (Å²) in [5, 5.41) is 79.7. The number of aliphatic hydroxyl groups is 4. The molecule has 1 aromatic rings. The molecule has 1 aromatic carbocycles. The number of phenolic OH excluding ortho intramolecular Hbond substituents is 1. The Morgan fingerprint density at radius 3 is 1.42 bits per heavy atom. The summed E-state index contributed by atoms with van der Waals surface area (Å²) < 4.78 is 0. The van der Waals surface area contributed by atoms with E-state index in [0.717, 1.165) is 39.5 Å². The van der Waals surface area contributed by atoms with Gasteiger partial charge >= 0.3 is 5.97 Å². The number of carbonyl (C=O) groups is 10. The number of hydrogen-bond acceptors (Lipinski definition) is 15. The first-order valence-corrected chi connectivity index (χ1v) is 24.8. The minimum Gasteiger partial charge on any atom is -0.508 e. The van der Waals surface area contributed by atoms with Crippen LogP contribution >= 0.6 is 0 Å². The number of unbranched alkanes of at least 4 members (excludes halogenated alkanes) is 12. The van der Waals surface area contributed by atoms with Gasteiger partial charge in [0.15, 0.2) is 0 Å². The second kappa shape index (κ2) is 36.5. The van der Waals surface area contributed by atoms with E-state index in [1.807, 2.05) is 0 Å². The minimum atomic E-state index is -1.87. The molecular formula is C48H79N9O16. The van der Waals surface area contributed by atoms with E-state index < -0.39 is 134 Å². The van der Waals surface area contributed by atoms with Crippen LogP contribution in [0.15, 0.2) is 24.3 Å². The monoisotopic (exact) mass is 1040 g/mol. The quantitative estimate of drug-likeness (QED) is 0.0305. The third-order valence-electron chi connectivity index (χ3n) is 11.4. The van der Waals surface area contributed by atoms with Crippen molar-refractivity contribution in [2.24, 2.45) is 0 Å². The first-order chi connectivity index (χ1) is 34.7. The fourth-order valence-electron chi connectivity index (χ4n) is 7.21. The number of phenols is 1. The lowest BCUT2D eigenvalue weighted by Gasteiger charge is -2.27. The molecule has 0 aromatic heterocycles. The van der Waals surface area contributed by atoms with E-state index in [-0.39, 0.29) is 24.5 Å². The van der Waals surface area contributed by atoms with Gasteiger partial charge in [0.05, 0.1) is 44.9 Å². The van der Waals surface area contributed by atoms with Crippen molar-refractivity contribution >= 4 is 59.1 Å². The van der Waals surface area contributed by atoms with Crippen molar-refractivity contribution in [1.82, 2.24) is 47.9 Å². The summed E-state index contributed by atoms with van der Waals surface area (Å²) >= 11 is 0. The Hall–Kier alpha value is -6.44. The van der Waals surface area contributed by atoms with Gasteiger partial charge in [-0.05, 0) is 38.0 Å². The maximum atomic E-state index is 13.7. The molecule has 0 fully saturated rings. The highest BCUT2D eigenvalue weighted by Crippen LogP contribution is 2.14. The molecular weight excluding hydrogens is 959 g/mol. The van der Waals surface area contributed by atoms with Gasteiger partial charge in [0, 0.05) is 19.9 Å². The molecule has 0 aliphatic carbocycles. The molecule has 25 heteroatoms. The smallest absolute Gasteiger partial charge is 0.305 e. The van der Waals surface area contributed by atoms with E-state index in [4.69, 9.17) is 5.11 Å². The molecule has 0 heterocycles. The van der Waals surface area contributed by atoms with Crippen molar-refractivity contribution in [3.05, 3.63) is 29.8 Å². The van der Waals surface area contributed by atoms with Gasteiger partial charge in [0.1, 0.15) is 42.0 Å². The first-order valence-electron chi connectivity index (χ1n) is 24.8. The number of carboxylic acid groups (broad SMARTS) is 1. The minimum absolute atomic E-state index is 0.150. The molecule has 0 spiro atoms. The number of carbonyl (C=O) groups excluding carboxylic acids is 9. The fourth-order valence-corrected chi connectivity index (χ4v) is 7.21. The molecule has 1 rings (SSSR count). The van der Waals surface area contributed by atoms with Gasteiger partial charge in [-0.1, -0.05) is 96.1 Å². The van der Waals surface area contributed by atoms with Gasteiger partial charge in [-0.15, -0.1) is 0 Å². The van der Waals surface area contributed by atoms with E-state index in [9.17, 15) is 73.5 Å². The fraction of sp³-hybridized carbons (Fsp3) is 0.667. The summed E-state index contributed by atoms with van der Waals surface area (Å²) in [6, 6.07) is -5.00. The highest BCUT2D eigenvalue weighted by Gasteiger charge is 2.35.